The molecule has 1 fully saturated rings. The maximum Gasteiger partial charge on any atom is 0.182 e. The Morgan fingerprint density at radius 2 is 1.64 bits per heavy atom. The van der Waals surface area contributed by atoms with Crippen LogP contribution in [0.15, 0.2) is 67.3 Å². The molecule has 2 aromatic heterocycles. The molecule has 6 heteroatoms. The summed E-state index contributed by atoms with van der Waals surface area (Å²) < 4.78 is 5.30. The molecule has 0 amide bonds. The molecule has 3 heterocycles. The maximum atomic E-state index is 5.30. The third-order valence-electron chi connectivity index (χ3n) is 4.80. The second kappa shape index (κ2) is 8.52. The standard InChI is InChI=1S/C13H12O.C9H11N5/c1-14-13-10-6-5-9-12(13)11-7-3-2-4-8-11;1-2-4-14(3-1)9-7-8(11-5-10-7)12-6-13-9/h2-10H,1H3;5-6H,1-4H2,(H,10,11,12,13). The smallest absolute Gasteiger partial charge is 0.182 e. The third kappa shape index (κ3) is 3.81. The number of nitrogens with one attached hydrogen (secondary N) is 1. The number of H-pyrrole nitrogens is 1. The molecule has 6 nitrogen and oxygen atoms in total. The summed E-state index contributed by atoms with van der Waals surface area (Å²) >= 11 is 0. The number of aromatic nitrogens is 4. The van der Waals surface area contributed by atoms with Crippen molar-refractivity contribution in [1.29, 1.82) is 0 Å². The zero-order valence-electron chi connectivity index (χ0n) is 15.9. The minimum absolute atomic E-state index is 0.752. The van der Waals surface area contributed by atoms with E-state index in [1.54, 1.807) is 19.8 Å². The Bertz CT molecular complexity index is 1030. The van der Waals surface area contributed by atoms with Gasteiger partial charge in [0.05, 0.1) is 13.4 Å². The Labute approximate surface area is 164 Å². The van der Waals surface area contributed by atoms with E-state index in [-0.39, 0.29) is 0 Å². The first-order valence-corrected chi connectivity index (χ1v) is 9.44. The van der Waals surface area contributed by atoms with Crippen LogP contribution in [0.5, 0.6) is 5.75 Å². The second-order valence-corrected chi connectivity index (χ2v) is 6.56. The Balaban J connectivity index is 0.000000137. The number of rotatable bonds is 3. The zero-order chi connectivity index (χ0) is 19.2. The highest BCUT2D eigenvalue weighted by molar-refractivity contribution is 5.82. The summed E-state index contributed by atoms with van der Waals surface area (Å²) in [4.78, 5) is 17.9. The molecule has 5 rings (SSSR count). The van der Waals surface area contributed by atoms with Gasteiger partial charge in [0.1, 0.15) is 17.6 Å². The van der Waals surface area contributed by atoms with E-state index in [4.69, 9.17) is 4.74 Å². The van der Waals surface area contributed by atoms with Crippen LogP contribution in [0, 0.1) is 0 Å². The van der Waals surface area contributed by atoms with Crippen LogP contribution in [-0.4, -0.2) is 40.1 Å². The van der Waals surface area contributed by atoms with Crippen LogP contribution in [0.25, 0.3) is 22.3 Å². The lowest BCUT2D eigenvalue weighted by atomic mass is 10.1. The number of ether oxygens (including phenoxy) is 1. The fraction of sp³-hybridized carbons (Fsp3) is 0.227. The van der Waals surface area contributed by atoms with E-state index >= 15 is 0 Å². The van der Waals surface area contributed by atoms with Gasteiger partial charge in [-0.05, 0) is 24.5 Å². The summed E-state index contributed by atoms with van der Waals surface area (Å²) in [6.07, 6.45) is 5.75. The third-order valence-corrected chi connectivity index (χ3v) is 4.80. The topological polar surface area (TPSA) is 66.9 Å². The van der Waals surface area contributed by atoms with Crippen molar-refractivity contribution in [1.82, 2.24) is 19.9 Å². The highest BCUT2D eigenvalue weighted by Gasteiger charge is 2.17. The van der Waals surface area contributed by atoms with Crippen molar-refractivity contribution in [3.63, 3.8) is 0 Å². The number of benzene rings is 2. The molecule has 1 aliphatic rings. The van der Waals surface area contributed by atoms with E-state index in [2.05, 4.69) is 43.0 Å². The van der Waals surface area contributed by atoms with Crippen LogP contribution in [0.3, 0.4) is 0 Å². The van der Waals surface area contributed by atoms with E-state index < -0.39 is 0 Å². The lowest BCUT2D eigenvalue weighted by Gasteiger charge is -2.15. The second-order valence-electron chi connectivity index (χ2n) is 6.56. The van der Waals surface area contributed by atoms with Crippen LogP contribution < -0.4 is 9.64 Å². The zero-order valence-corrected chi connectivity index (χ0v) is 15.9. The first kappa shape index (κ1) is 18.0. The Morgan fingerprint density at radius 1 is 0.893 bits per heavy atom. The predicted molar refractivity (Wildman–Crippen MR) is 112 cm³/mol. The highest BCUT2D eigenvalue weighted by Crippen LogP contribution is 2.28. The number of anilines is 1. The van der Waals surface area contributed by atoms with E-state index in [9.17, 15) is 0 Å². The fourth-order valence-electron chi connectivity index (χ4n) is 3.42. The van der Waals surface area contributed by atoms with Gasteiger partial charge in [-0.3, -0.25) is 0 Å². The van der Waals surface area contributed by atoms with E-state index in [0.717, 1.165) is 41.4 Å². The largest absolute Gasteiger partial charge is 0.496 e. The van der Waals surface area contributed by atoms with Crippen LogP contribution >= 0.6 is 0 Å². The molecule has 0 spiro atoms. The molecular formula is C22H23N5O. The number of hydrogen-bond donors (Lipinski definition) is 1. The van der Waals surface area contributed by atoms with Crippen LogP contribution in [0.1, 0.15) is 12.8 Å². The minimum Gasteiger partial charge on any atom is -0.496 e. The Hall–Kier alpha value is -3.41. The van der Waals surface area contributed by atoms with Crippen LogP contribution in [0.4, 0.5) is 5.82 Å². The SMILES string of the molecule is COc1ccccc1-c1ccccc1.c1nc(N2CCCC2)c2[nH]cnc2n1. The van der Waals surface area contributed by atoms with Crippen molar-refractivity contribution in [2.24, 2.45) is 0 Å². The van der Waals surface area contributed by atoms with E-state index in [0.29, 0.717) is 0 Å². The molecule has 28 heavy (non-hydrogen) atoms. The predicted octanol–water partition coefficient (Wildman–Crippen LogP) is 4.32. The van der Waals surface area contributed by atoms with Crippen molar-refractivity contribution < 1.29 is 4.74 Å². The average molecular weight is 373 g/mol. The van der Waals surface area contributed by atoms with Gasteiger partial charge in [0.2, 0.25) is 0 Å². The summed E-state index contributed by atoms with van der Waals surface area (Å²) in [7, 11) is 1.70. The Kier molecular flexibility index (Phi) is 5.47. The highest BCUT2D eigenvalue weighted by atomic mass is 16.5. The van der Waals surface area contributed by atoms with Gasteiger partial charge in [0.25, 0.3) is 0 Å². The Morgan fingerprint density at radius 3 is 2.43 bits per heavy atom. The van der Waals surface area contributed by atoms with E-state index in [1.165, 1.54) is 18.4 Å². The summed E-state index contributed by atoms with van der Waals surface area (Å²) in [6.45, 7) is 2.18. The minimum atomic E-state index is 0.752. The van der Waals surface area contributed by atoms with Gasteiger partial charge in [-0.15, -0.1) is 0 Å². The van der Waals surface area contributed by atoms with Crippen LogP contribution in [0.2, 0.25) is 0 Å². The lowest BCUT2D eigenvalue weighted by molar-refractivity contribution is 0.416. The van der Waals surface area contributed by atoms with Gasteiger partial charge in [0, 0.05) is 18.7 Å². The van der Waals surface area contributed by atoms with Crippen molar-refractivity contribution in [3.05, 3.63) is 67.3 Å². The molecule has 1 N–H and O–H groups in total. The summed E-state index contributed by atoms with van der Waals surface area (Å²) in [5.41, 5.74) is 4.02. The monoisotopic (exact) mass is 373 g/mol. The van der Waals surface area contributed by atoms with Crippen molar-refractivity contribution in [2.45, 2.75) is 12.8 Å². The van der Waals surface area contributed by atoms with Crippen molar-refractivity contribution in [3.8, 4) is 16.9 Å². The van der Waals surface area contributed by atoms with Gasteiger partial charge >= 0.3 is 0 Å². The van der Waals surface area contributed by atoms with Gasteiger partial charge in [-0.25, -0.2) is 15.0 Å². The number of methoxy groups -OCH3 is 1. The quantitative estimate of drug-likeness (QED) is 0.579. The molecule has 2 aromatic carbocycles. The van der Waals surface area contributed by atoms with Crippen LogP contribution in [-0.2, 0) is 0 Å². The summed E-state index contributed by atoms with van der Waals surface area (Å²) in [6, 6.07) is 18.3. The van der Waals surface area contributed by atoms with Gasteiger partial charge < -0.3 is 14.6 Å². The molecule has 4 aromatic rings. The number of imidazole rings is 1. The number of fused-ring (bicyclic) bond motifs is 1. The number of hydrogen-bond acceptors (Lipinski definition) is 5. The fourth-order valence-corrected chi connectivity index (χ4v) is 3.42. The van der Waals surface area contributed by atoms with Crippen molar-refractivity contribution >= 4 is 17.0 Å². The first-order valence-electron chi connectivity index (χ1n) is 9.44. The summed E-state index contributed by atoms with van der Waals surface area (Å²) in [5, 5.41) is 0. The van der Waals surface area contributed by atoms with Crippen molar-refractivity contribution in [2.75, 3.05) is 25.1 Å². The number of aromatic amines is 1. The van der Waals surface area contributed by atoms with Gasteiger partial charge in [-0.1, -0.05) is 48.5 Å². The van der Waals surface area contributed by atoms with Gasteiger partial charge in [-0.2, -0.15) is 0 Å². The van der Waals surface area contributed by atoms with E-state index in [1.807, 2.05) is 36.4 Å². The molecule has 0 bridgehead atoms. The maximum absolute atomic E-state index is 5.30. The molecule has 142 valence electrons. The number of para-hydroxylation sites is 1. The molecule has 0 aliphatic carbocycles. The first-order chi connectivity index (χ1) is 13.9. The molecular weight excluding hydrogens is 350 g/mol. The summed E-state index contributed by atoms with van der Waals surface area (Å²) in [5.74, 6) is 1.91. The molecule has 1 aliphatic heterocycles. The average Bonchev–Trinajstić information content (AvgIpc) is 3.46. The number of nitrogens with zero attached hydrogens (tertiary/aromatic N) is 4. The normalized spacial score (nSPS) is 13.2. The molecule has 0 saturated carbocycles. The van der Waals surface area contributed by atoms with Gasteiger partial charge in [0.15, 0.2) is 11.5 Å². The molecule has 0 atom stereocenters. The molecule has 0 radical (unpaired) electrons. The molecule has 1 saturated heterocycles. The lowest BCUT2D eigenvalue weighted by Crippen LogP contribution is -2.19. The molecule has 0 unspecified atom stereocenters.